The van der Waals surface area contributed by atoms with Crippen LogP contribution in [0.5, 0.6) is 0 Å². The van der Waals surface area contributed by atoms with Gasteiger partial charge in [-0.05, 0) is 35.4 Å². The highest BCUT2D eigenvalue weighted by molar-refractivity contribution is 6.51. The Bertz CT molecular complexity index is 1100. The van der Waals surface area contributed by atoms with Gasteiger partial charge < -0.3 is 0 Å². The van der Waals surface area contributed by atoms with Crippen LogP contribution in [-0.4, -0.2) is 11.6 Å². The zero-order valence-corrected chi connectivity index (χ0v) is 14.1. The van der Waals surface area contributed by atoms with Gasteiger partial charge in [-0.1, -0.05) is 36.4 Å². The lowest BCUT2D eigenvalue weighted by atomic mass is 9.78. The Kier molecular flexibility index (Phi) is 4.19. The van der Waals surface area contributed by atoms with Crippen molar-refractivity contribution in [2.45, 2.75) is 0 Å². The van der Waals surface area contributed by atoms with E-state index in [4.69, 9.17) is 0 Å². The minimum Gasteiger partial charge on any atom is -0.289 e. The summed E-state index contributed by atoms with van der Waals surface area (Å²) in [5.74, 6) is -5.83. The first-order valence-corrected chi connectivity index (χ1v) is 8.22. The van der Waals surface area contributed by atoms with Crippen LogP contribution in [0.2, 0.25) is 0 Å². The Hall–Kier alpha value is -3.54. The average molecular weight is 382 g/mol. The van der Waals surface area contributed by atoms with Crippen molar-refractivity contribution in [3.63, 3.8) is 0 Å². The Labute approximate surface area is 156 Å². The minimum absolute atomic E-state index is 0.0357. The number of halogens is 4. The number of carbonyl (C=O) groups is 2. The molecule has 3 aromatic rings. The van der Waals surface area contributed by atoms with Crippen LogP contribution in [0.4, 0.5) is 17.6 Å². The molecule has 0 spiro atoms. The van der Waals surface area contributed by atoms with Gasteiger partial charge in [-0.3, -0.25) is 9.59 Å². The molecule has 0 fully saturated rings. The number of benzene rings is 3. The Balaban J connectivity index is 2.06. The van der Waals surface area contributed by atoms with Gasteiger partial charge in [-0.2, -0.15) is 0 Å². The number of ketones is 2. The summed E-state index contributed by atoms with van der Waals surface area (Å²) in [7, 11) is 0. The van der Waals surface area contributed by atoms with Crippen LogP contribution in [0.15, 0.2) is 60.7 Å². The van der Waals surface area contributed by atoms with Gasteiger partial charge in [-0.15, -0.1) is 0 Å². The molecule has 1 aliphatic carbocycles. The van der Waals surface area contributed by atoms with E-state index in [2.05, 4.69) is 0 Å². The second-order valence-corrected chi connectivity index (χ2v) is 6.21. The molecule has 0 aliphatic heterocycles. The summed E-state index contributed by atoms with van der Waals surface area (Å²) < 4.78 is 54.3. The van der Waals surface area contributed by atoms with Crippen LogP contribution in [0.3, 0.4) is 0 Å². The molecule has 0 saturated heterocycles. The molecule has 3 aromatic carbocycles. The van der Waals surface area contributed by atoms with Crippen molar-refractivity contribution >= 4 is 22.7 Å². The van der Waals surface area contributed by atoms with Gasteiger partial charge >= 0.3 is 0 Å². The van der Waals surface area contributed by atoms with Gasteiger partial charge in [-0.25, -0.2) is 17.6 Å². The van der Waals surface area contributed by atoms with E-state index in [1.807, 2.05) is 0 Å². The highest BCUT2D eigenvalue weighted by Gasteiger charge is 2.34. The van der Waals surface area contributed by atoms with Crippen LogP contribution < -0.4 is 0 Å². The Morgan fingerprint density at radius 3 is 1.25 bits per heavy atom. The van der Waals surface area contributed by atoms with Crippen molar-refractivity contribution in [3.05, 3.63) is 106 Å². The van der Waals surface area contributed by atoms with Crippen LogP contribution in [-0.2, 0) is 0 Å². The fraction of sp³-hybridized carbons (Fsp3) is 0. The number of allylic oxidation sites excluding steroid dienone is 2. The van der Waals surface area contributed by atoms with E-state index >= 15 is 0 Å². The van der Waals surface area contributed by atoms with Crippen molar-refractivity contribution in [3.8, 4) is 0 Å². The van der Waals surface area contributed by atoms with Crippen molar-refractivity contribution in [2.24, 2.45) is 0 Å². The number of hydrogen-bond donors (Lipinski definition) is 0. The zero-order valence-electron chi connectivity index (χ0n) is 14.1. The maximum absolute atomic E-state index is 13.8. The number of Topliss-reactive ketones (excluding diaryl/α,β-unsaturated/α-hetero) is 2. The van der Waals surface area contributed by atoms with Crippen LogP contribution in [0.1, 0.15) is 31.8 Å². The van der Waals surface area contributed by atoms with Crippen molar-refractivity contribution in [1.82, 2.24) is 0 Å². The highest BCUT2D eigenvalue weighted by Crippen LogP contribution is 2.38. The molecule has 0 aromatic heterocycles. The summed E-state index contributed by atoms with van der Waals surface area (Å²) >= 11 is 0. The molecule has 0 N–H and O–H groups in total. The maximum atomic E-state index is 13.8. The molecule has 28 heavy (non-hydrogen) atoms. The maximum Gasteiger partial charge on any atom is 0.195 e. The lowest BCUT2D eigenvalue weighted by Gasteiger charge is -2.22. The van der Waals surface area contributed by atoms with Crippen LogP contribution in [0.25, 0.3) is 11.1 Å². The van der Waals surface area contributed by atoms with E-state index in [9.17, 15) is 27.2 Å². The van der Waals surface area contributed by atoms with Crippen LogP contribution >= 0.6 is 0 Å². The second kappa shape index (κ2) is 6.56. The molecule has 6 heteroatoms. The predicted molar refractivity (Wildman–Crippen MR) is 94.6 cm³/mol. The second-order valence-electron chi connectivity index (χ2n) is 6.21. The summed E-state index contributed by atoms with van der Waals surface area (Å²) in [6.45, 7) is 0. The minimum atomic E-state index is -1.20. The van der Waals surface area contributed by atoms with E-state index in [1.54, 1.807) is 12.1 Å². The molecule has 1 aliphatic rings. The van der Waals surface area contributed by atoms with Gasteiger partial charge in [0.25, 0.3) is 0 Å². The summed E-state index contributed by atoms with van der Waals surface area (Å²) in [5, 5.41) is 0. The van der Waals surface area contributed by atoms with E-state index in [0.717, 1.165) is 36.4 Å². The predicted octanol–water partition coefficient (Wildman–Crippen LogP) is 5.23. The molecule has 0 radical (unpaired) electrons. The zero-order chi connectivity index (χ0) is 20.0. The summed E-state index contributed by atoms with van der Waals surface area (Å²) in [5.41, 5.74) is -0.280. The van der Waals surface area contributed by atoms with Gasteiger partial charge in [0.1, 0.15) is 0 Å². The smallest absolute Gasteiger partial charge is 0.195 e. The quantitative estimate of drug-likeness (QED) is 0.569. The normalized spacial score (nSPS) is 13.7. The lowest BCUT2D eigenvalue weighted by Crippen LogP contribution is -2.21. The highest BCUT2D eigenvalue weighted by atomic mass is 19.2. The van der Waals surface area contributed by atoms with Crippen molar-refractivity contribution < 1.29 is 27.2 Å². The van der Waals surface area contributed by atoms with E-state index in [-0.39, 0.29) is 33.4 Å². The first-order valence-electron chi connectivity index (χ1n) is 8.22. The number of carbonyl (C=O) groups excluding carboxylic acids is 2. The van der Waals surface area contributed by atoms with Crippen molar-refractivity contribution in [2.75, 3.05) is 0 Å². The monoisotopic (exact) mass is 382 g/mol. The molecule has 0 heterocycles. The molecule has 0 saturated carbocycles. The fourth-order valence-corrected chi connectivity index (χ4v) is 3.23. The SMILES string of the molecule is O=C1C(c2ccc(F)c(F)c2)=C(c2ccc(F)c(F)c2)C(=O)c2ccccc21. The first kappa shape index (κ1) is 17.9. The Morgan fingerprint density at radius 1 is 0.500 bits per heavy atom. The third-order valence-corrected chi connectivity index (χ3v) is 4.54. The van der Waals surface area contributed by atoms with E-state index < -0.39 is 34.8 Å². The standard InChI is InChI=1S/C22H10F4O2/c23-15-7-5-11(9-17(15)25)19-20(12-6-8-16(24)18(26)10-12)22(28)14-4-2-1-3-13(14)21(19)27/h1-10H. The van der Waals surface area contributed by atoms with E-state index in [0.29, 0.717) is 0 Å². The number of rotatable bonds is 2. The molecular formula is C22H10F4O2. The number of hydrogen-bond acceptors (Lipinski definition) is 2. The third kappa shape index (κ3) is 2.74. The topological polar surface area (TPSA) is 34.1 Å². The third-order valence-electron chi connectivity index (χ3n) is 4.54. The summed E-state index contributed by atoms with van der Waals surface area (Å²) in [6, 6.07) is 11.6. The van der Waals surface area contributed by atoms with Crippen molar-refractivity contribution in [1.29, 1.82) is 0 Å². The van der Waals surface area contributed by atoms with Gasteiger partial charge in [0.15, 0.2) is 34.8 Å². The largest absolute Gasteiger partial charge is 0.289 e. The molecule has 0 unspecified atom stereocenters. The fourth-order valence-electron chi connectivity index (χ4n) is 3.23. The van der Waals surface area contributed by atoms with E-state index in [1.165, 1.54) is 12.1 Å². The molecule has 0 atom stereocenters. The summed E-state index contributed by atoms with van der Waals surface area (Å²) in [4.78, 5) is 26.2. The average Bonchev–Trinajstić information content (AvgIpc) is 2.69. The van der Waals surface area contributed by atoms with Gasteiger partial charge in [0.05, 0.1) is 0 Å². The molecule has 4 rings (SSSR count). The van der Waals surface area contributed by atoms with Crippen LogP contribution in [0, 0.1) is 23.3 Å². The molecule has 2 nitrogen and oxygen atoms in total. The molecular weight excluding hydrogens is 372 g/mol. The summed E-state index contributed by atoms with van der Waals surface area (Å²) in [6.07, 6.45) is 0. The molecule has 138 valence electrons. The van der Waals surface area contributed by atoms with Gasteiger partial charge in [0.2, 0.25) is 0 Å². The lowest BCUT2D eigenvalue weighted by molar-refractivity contribution is 0.101. The first-order chi connectivity index (χ1) is 13.4. The number of fused-ring (bicyclic) bond motifs is 1. The Morgan fingerprint density at radius 2 is 0.893 bits per heavy atom. The van der Waals surface area contributed by atoms with Gasteiger partial charge in [0, 0.05) is 22.3 Å². The molecule has 0 bridgehead atoms. The molecule has 0 amide bonds.